The molecule has 1 aliphatic heterocycles. The van der Waals surface area contributed by atoms with E-state index in [-0.39, 0.29) is 31.0 Å². The van der Waals surface area contributed by atoms with Crippen LogP contribution in [0.25, 0.3) is 0 Å². The fourth-order valence-electron chi connectivity index (χ4n) is 1.53. The lowest BCUT2D eigenvalue weighted by molar-refractivity contribution is -0.135. The number of carbonyl (C=O) groups is 1. The Balaban J connectivity index is 0.00000225. The van der Waals surface area contributed by atoms with E-state index in [1.54, 1.807) is 4.90 Å². The van der Waals surface area contributed by atoms with Gasteiger partial charge in [0.15, 0.2) is 0 Å². The van der Waals surface area contributed by atoms with Gasteiger partial charge < -0.3 is 20.1 Å². The lowest BCUT2D eigenvalue weighted by atomic mass is 10.3. The second-order valence-corrected chi connectivity index (χ2v) is 3.64. The number of halogens is 1. The molecular weight excluding hydrogens is 232 g/mol. The number of ether oxygens (including phenoxy) is 2. The van der Waals surface area contributed by atoms with Crippen LogP contribution in [0.2, 0.25) is 0 Å². The van der Waals surface area contributed by atoms with Crippen molar-refractivity contribution in [1.29, 1.82) is 0 Å². The molecule has 1 heterocycles. The van der Waals surface area contributed by atoms with Crippen molar-refractivity contribution in [2.24, 2.45) is 5.73 Å². The molecule has 0 unspecified atom stereocenters. The Morgan fingerprint density at radius 1 is 1.44 bits per heavy atom. The molecule has 1 rings (SSSR count). The average Bonchev–Trinajstić information content (AvgIpc) is 2.64. The molecule has 1 fully saturated rings. The molecule has 0 radical (unpaired) electrons. The maximum atomic E-state index is 11.5. The highest BCUT2D eigenvalue weighted by Crippen LogP contribution is 2.06. The first kappa shape index (κ1) is 15.6. The Hall–Kier alpha value is -0.360. The van der Waals surface area contributed by atoms with Crippen molar-refractivity contribution in [3.05, 3.63) is 0 Å². The van der Waals surface area contributed by atoms with E-state index in [1.807, 2.05) is 6.92 Å². The number of carbonyl (C=O) groups excluding carboxylic acids is 1. The first-order valence-corrected chi connectivity index (χ1v) is 5.43. The Morgan fingerprint density at radius 3 is 2.69 bits per heavy atom. The Morgan fingerprint density at radius 2 is 2.12 bits per heavy atom. The summed E-state index contributed by atoms with van der Waals surface area (Å²) in [7, 11) is 0. The summed E-state index contributed by atoms with van der Waals surface area (Å²) in [5.41, 5.74) is 5.70. The summed E-state index contributed by atoms with van der Waals surface area (Å²) in [5.74, 6) is 0.0273. The fourth-order valence-corrected chi connectivity index (χ4v) is 1.53. The second kappa shape index (κ2) is 8.75. The van der Waals surface area contributed by atoms with Crippen LogP contribution in [-0.4, -0.2) is 56.4 Å². The van der Waals surface area contributed by atoms with Gasteiger partial charge in [-0.1, -0.05) is 0 Å². The smallest absolute Gasteiger partial charge is 0.248 e. The molecule has 1 amide bonds. The fraction of sp³-hybridized carbons (Fsp3) is 0.900. The number of nitrogens with zero attached hydrogens (tertiary/aromatic N) is 1. The summed E-state index contributed by atoms with van der Waals surface area (Å²) >= 11 is 0. The molecule has 96 valence electrons. The van der Waals surface area contributed by atoms with E-state index in [4.69, 9.17) is 15.2 Å². The van der Waals surface area contributed by atoms with Gasteiger partial charge in [-0.3, -0.25) is 4.79 Å². The second-order valence-electron chi connectivity index (χ2n) is 3.64. The van der Waals surface area contributed by atoms with Crippen molar-refractivity contribution in [2.45, 2.75) is 19.4 Å². The molecule has 0 bridgehead atoms. The first-order valence-electron chi connectivity index (χ1n) is 5.43. The average molecular weight is 253 g/mol. The van der Waals surface area contributed by atoms with Crippen molar-refractivity contribution in [2.75, 3.05) is 39.5 Å². The third-order valence-corrected chi connectivity index (χ3v) is 2.38. The van der Waals surface area contributed by atoms with Gasteiger partial charge in [0.2, 0.25) is 5.91 Å². The van der Waals surface area contributed by atoms with Crippen molar-refractivity contribution in [3.63, 3.8) is 0 Å². The lowest BCUT2D eigenvalue weighted by Crippen LogP contribution is -2.34. The third-order valence-electron chi connectivity index (χ3n) is 2.38. The van der Waals surface area contributed by atoms with Gasteiger partial charge in [-0.2, -0.15) is 0 Å². The number of hydrogen-bond donors (Lipinski definition) is 1. The van der Waals surface area contributed by atoms with Crippen LogP contribution < -0.4 is 5.73 Å². The minimum absolute atomic E-state index is 0. The van der Waals surface area contributed by atoms with Crippen molar-refractivity contribution in [1.82, 2.24) is 4.90 Å². The van der Waals surface area contributed by atoms with Crippen LogP contribution in [0.1, 0.15) is 13.3 Å². The maximum absolute atomic E-state index is 11.5. The highest BCUT2D eigenvalue weighted by atomic mass is 35.5. The molecule has 0 aliphatic carbocycles. The van der Waals surface area contributed by atoms with E-state index in [0.717, 1.165) is 13.0 Å². The largest absolute Gasteiger partial charge is 0.379 e. The Bertz CT molecular complexity index is 205. The summed E-state index contributed by atoms with van der Waals surface area (Å²) in [4.78, 5) is 13.3. The van der Waals surface area contributed by atoms with Gasteiger partial charge in [0.25, 0.3) is 0 Å². The molecule has 16 heavy (non-hydrogen) atoms. The van der Waals surface area contributed by atoms with Gasteiger partial charge in [-0.25, -0.2) is 0 Å². The highest BCUT2D eigenvalue weighted by molar-refractivity contribution is 5.85. The van der Waals surface area contributed by atoms with Gasteiger partial charge in [-0.05, 0) is 13.3 Å². The zero-order valence-electron chi connectivity index (χ0n) is 9.68. The van der Waals surface area contributed by atoms with Crippen LogP contribution in [0.4, 0.5) is 0 Å². The zero-order valence-corrected chi connectivity index (χ0v) is 10.5. The molecular formula is C10H21ClN2O3. The molecule has 1 saturated heterocycles. The van der Waals surface area contributed by atoms with Gasteiger partial charge in [0, 0.05) is 25.7 Å². The predicted molar refractivity (Wildman–Crippen MR) is 63.7 cm³/mol. The summed E-state index contributed by atoms with van der Waals surface area (Å²) in [5, 5.41) is 0. The number of rotatable bonds is 6. The Kier molecular flexibility index (Phi) is 8.56. The summed E-state index contributed by atoms with van der Waals surface area (Å²) in [6.07, 6.45) is 0.894. The minimum atomic E-state index is 0. The number of amides is 1. The lowest BCUT2D eigenvalue weighted by Gasteiger charge is -2.15. The van der Waals surface area contributed by atoms with Gasteiger partial charge >= 0.3 is 0 Å². The number of hydrogen-bond acceptors (Lipinski definition) is 4. The normalized spacial score (nSPS) is 19.6. The zero-order chi connectivity index (χ0) is 11.1. The van der Waals surface area contributed by atoms with Crippen LogP contribution in [0, 0.1) is 0 Å². The first-order chi connectivity index (χ1) is 7.24. The molecule has 0 spiro atoms. The van der Waals surface area contributed by atoms with Crippen LogP contribution in [-0.2, 0) is 14.3 Å². The van der Waals surface area contributed by atoms with E-state index in [0.29, 0.717) is 26.4 Å². The molecule has 1 aliphatic rings. The van der Waals surface area contributed by atoms with E-state index in [9.17, 15) is 4.79 Å². The summed E-state index contributed by atoms with van der Waals surface area (Å²) < 4.78 is 10.3. The van der Waals surface area contributed by atoms with Crippen molar-refractivity contribution >= 4 is 18.3 Å². The molecule has 0 saturated carbocycles. The predicted octanol–water partition coefficient (Wildman–Crippen LogP) is 0.0209. The molecule has 0 aromatic rings. The molecule has 1 atom stereocenters. The van der Waals surface area contributed by atoms with Gasteiger partial charge in [0.05, 0.1) is 13.2 Å². The minimum Gasteiger partial charge on any atom is -0.379 e. The van der Waals surface area contributed by atoms with E-state index in [1.165, 1.54) is 0 Å². The monoisotopic (exact) mass is 252 g/mol. The molecule has 2 N–H and O–H groups in total. The van der Waals surface area contributed by atoms with Crippen LogP contribution in [0.15, 0.2) is 0 Å². The van der Waals surface area contributed by atoms with E-state index < -0.39 is 0 Å². The molecule has 6 heteroatoms. The third kappa shape index (κ3) is 5.65. The number of nitrogens with two attached hydrogens (primary N) is 1. The van der Waals surface area contributed by atoms with Crippen LogP contribution >= 0.6 is 12.4 Å². The van der Waals surface area contributed by atoms with E-state index in [2.05, 4.69) is 0 Å². The molecule has 0 aromatic heterocycles. The molecule has 5 nitrogen and oxygen atoms in total. The highest BCUT2D eigenvalue weighted by Gasteiger charge is 2.23. The molecule has 0 aromatic carbocycles. The van der Waals surface area contributed by atoms with Crippen molar-refractivity contribution in [3.8, 4) is 0 Å². The van der Waals surface area contributed by atoms with Crippen LogP contribution in [0.5, 0.6) is 0 Å². The van der Waals surface area contributed by atoms with Gasteiger partial charge in [0.1, 0.15) is 6.61 Å². The standard InChI is InChI=1S/C10H20N2O3.ClH/c1-2-14-5-6-15-8-10(13)12-4-3-9(11)7-12;/h9H,2-8,11H2,1H3;1H/t9-;/m0./s1. The van der Waals surface area contributed by atoms with Gasteiger partial charge in [-0.15, -0.1) is 12.4 Å². The maximum Gasteiger partial charge on any atom is 0.248 e. The number of likely N-dealkylation sites (tertiary alicyclic amines) is 1. The summed E-state index contributed by atoms with van der Waals surface area (Å²) in [6, 6.07) is 0.136. The SMILES string of the molecule is CCOCCOCC(=O)N1CC[C@H](N)C1.Cl. The quantitative estimate of drug-likeness (QED) is 0.677. The summed E-state index contributed by atoms with van der Waals surface area (Å²) in [6.45, 7) is 5.18. The Labute approximate surface area is 103 Å². The van der Waals surface area contributed by atoms with E-state index >= 15 is 0 Å². The van der Waals surface area contributed by atoms with Crippen molar-refractivity contribution < 1.29 is 14.3 Å². The topological polar surface area (TPSA) is 64.8 Å². The van der Waals surface area contributed by atoms with Crippen LogP contribution in [0.3, 0.4) is 0 Å².